The maximum absolute atomic E-state index is 6.16. The monoisotopic (exact) mass is 856 g/mol. The van der Waals surface area contributed by atoms with Crippen LogP contribution in [0.15, 0.2) is 83.7 Å². The van der Waals surface area contributed by atoms with Crippen LogP contribution in [0.3, 0.4) is 0 Å². The molecule has 1 radical (unpaired) electrons. The van der Waals surface area contributed by atoms with E-state index >= 15 is 0 Å². The number of fused-ring (bicyclic) bond motifs is 3. The number of hydrogen-bond acceptors (Lipinski definition) is 4. The molecule has 0 unspecified atom stereocenters. The Balaban J connectivity index is 0.000000171. The van der Waals surface area contributed by atoms with Crippen molar-refractivity contribution >= 4 is 35.3 Å². The van der Waals surface area contributed by atoms with E-state index in [1.807, 2.05) is 42.7 Å². The SMILES string of the molecule is C[Si](C)(C)c1cnc(-c2[c-]cccc2)cc1CC1CCCCC1.Cc1c[c-]c(-c2cc(CC3CCCC3)ccn2)c2oc3cccnc3c12.[Ir]. The van der Waals surface area contributed by atoms with Crippen molar-refractivity contribution < 1.29 is 24.5 Å². The number of rotatable bonds is 7. The number of hydrogen-bond donors (Lipinski definition) is 0. The maximum atomic E-state index is 6.16. The van der Waals surface area contributed by atoms with Crippen molar-refractivity contribution in [1.29, 1.82) is 0 Å². The average molecular weight is 856 g/mol. The largest absolute Gasteiger partial charge is 0.499 e. The molecule has 0 N–H and O–H groups in total. The molecule has 2 fully saturated rings. The first-order valence-corrected chi connectivity index (χ1v) is 21.9. The Labute approximate surface area is 312 Å². The summed E-state index contributed by atoms with van der Waals surface area (Å²) in [4.78, 5) is 13.9. The molecular weight excluding hydrogens is 807 g/mol. The van der Waals surface area contributed by atoms with E-state index in [1.165, 1.54) is 69.8 Å². The van der Waals surface area contributed by atoms with E-state index in [9.17, 15) is 0 Å². The third kappa shape index (κ3) is 8.36. The average Bonchev–Trinajstić information content (AvgIpc) is 3.78. The predicted molar refractivity (Wildman–Crippen MR) is 206 cm³/mol. The summed E-state index contributed by atoms with van der Waals surface area (Å²) in [5.74, 6) is 1.69. The molecule has 4 heterocycles. The van der Waals surface area contributed by atoms with E-state index in [0.717, 1.165) is 68.4 Å². The van der Waals surface area contributed by atoms with E-state index in [0.29, 0.717) is 0 Å². The van der Waals surface area contributed by atoms with Crippen LogP contribution in [-0.2, 0) is 32.9 Å². The van der Waals surface area contributed by atoms with E-state index in [4.69, 9.17) is 9.40 Å². The molecule has 0 amide bonds. The number of nitrogens with zero attached hydrogens (tertiary/aromatic N) is 3. The molecular formula is C44H49IrN3OSi-2. The number of benzene rings is 2. The van der Waals surface area contributed by atoms with Crippen LogP contribution in [0.25, 0.3) is 44.6 Å². The van der Waals surface area contributed by atoms with Gasteiger partial charge in [-0.25, -0.2) is 0 Å². The molecule has 2 aliphatic carbocycles. The minimum Gasteiger partial charge on any atom is -0.499 e. The molecule has 0 atom stereocenters. The van der Waals surface area contributed by atoms with Crippen molar-refractivity contribution in [2.45, 2.75) is 97.2 Å². The van der Waals surface area contributed by atoms with Gasteiger partial charge in [0.15, 0.2) is 0 Å². The van der Waals surface area contributed by atoms with E-state index in [2.05, 4.69) is 85.2 Å². The summed E-state index contributed by atoms with van der Waals surface area (Å²) in [5.41, 5.74) is 10.7. The summed E-state index contributed by atoms with van der Waals surface area (Å²) >= 11 is 0. The number of pyridine rings is 3. The summed E-state index contributed by atoms with van der Waals surface area (Å²) < 4.78 is 6.16. The van der Waals surface area contributed by atoms with Gasteiger partial charge < -0.3 is 14.4 Å². The molecule has 2 aliphatic rings. The zero-order valence-electron chi connectivity index (χ0n) is 30.0. The fourth-order valence-electron chi connectivity index (χ4n) is 8.01. The second-order valence-corrected chi connectivity index (χ2v) is 20.4. The fraction of sp³-hybridized carbons (Fsp3) is 0.386. The van der Waals surface area contributed by atoms with E-state index in [-0.39, 0.29) is 20.1 Å². The van der Waals surface area contributed by atoms with Gasteiger partial charge in [0.05, 0.1) is 19.2 Å². The summed E-state index contributed by atoms with van der Waals surface area (Å²) in [6.07, 6.45) is 20.8. The Kier molecular flexibility index (Phi) is 11.8. The second kappa shape index (κ2) is 16.3. The van der Waals surface area contributed by atoms with Crippen LogP contribution < -0.4 is 5.19 Å². The summed E-state index contributed by atoms with van der Waals surface area (Å²) in [6.45, 7) is 9.38. The van der Waals surface area contributed by atoms with Crippen molar-refractivity contribution in [3.63, 3.8) is 0 Å². The molecule has 6 heteroatoms. The first-order valence-electron chi connectivity index (χ1n) is 18.4. The van der Waals surface area contributed by atoms with E-state index < -0.39 is 8.07 Å². The standard InChI is InChI=1S/C23H21N2O.C21H28NSi.Ir/c1-15-8-9-18(23-21(15)22-20(26-23)7-4-11-25-22)19-14-17(10-12-24-19)13-16-5-2-3-6-16;1-23(2,3)21-16-22-20(18-12-8-5-9-13-18)15-19(21)14-17-10-6-4-7-11-17;/h4,7-8,10-12,14,16H,2-3,5-6,13H2,1H3;5,8-9,12,15-17H,4,6-7,10-11,14H2,1-3H3;/q2*-1;. The molecule has 8 rings (SSSR count). The van der Waals surface area contributed by atoms with Gasteiger partial charge in [-0.3, -0.25) is 4.98 Å². The molecule has 0 aliphatic heterocycles. The van der Waals surface area contributed by atoms with Crippen molar-refractivity contribution in [2.75, 3.05) is 0 Å². The summed E-state index contributed by atoms with van der Waals surface area (Å²) in [7, 11) is -1.36. The minimum atomic E-state index is -1.36. The van der Waals surface area contributed by atoms with Crippen LogP contribution in [0.2, 0.25) is 19.6 Å². The predicted octanol–water partition coefficient (Wildman–Crippen LogP) is 11.1. The van der Waals surface area contributed by atoms with Gasteiger partial charge in [0.2, 0.25) is 0 Å². The molecule has 2 saturated carbocycles. The molecule has 0 bridgehead atoms. The van der Waals surface area contributed by atoms with Crippen LogP contribution in [0.4, 0.5) is 0 Å². The van der Waals surface area contributed by atoms with Crippen molar-refractivity contribution in [1.82, 2.24) is 15.0 Å². The minimum absolute atomic E-state index is 0. The Morgan fingerprint density at radius 1 is 0.780 bits per heavy atom. The van der Waals surface area contributed by atoms with Gasteiger partial charge in [-0.2, -0.15) is 0 Å². The Bertz CT molecular complexity index is 2020. The summed E-state index contributed by atoms with van der Waals surface area (Å²) in [5, 5.41) is 2.61. The van der Waals surface area contributed by atoms with Gasteiger partial charge in [0.1, 0.15) is 5.58 Å². The number of aryl methyl sites for hydroxylation is 1. The topological polar surface area (TPSA) is 51.8 Å². The van der Waals surface area contributed by atoms with Gasteiger partial charge in [-0.15, -0.1) is 53.6 Å². The first-order chi connectivity index (χ1) is 23.8. The van der Waals surface area contributed by atoms with Gasteiger partial charge in [0, 0.05) is 38.7 Å². The fourth-order valence-corrected chi connectivity index (χ4v) is 9.60. The zero-order chi connectivity index (χ0) is 33.8. The van der Waals surface area contributed by atoms with E-state index in [1.54, 1.807) is 10.8 Å². The Morgan fingerprint density at radius 3 is 2.28 bits per heavy atom. The van der Waals surface area contributed by atoms with Crippen molar-refractivity contribution in [3.05, 3.63) is 108 Å². The normalized spacial score (nSPS) is 15.5. The molecule has 261 valence electrons. The van der Waals surface area contributed by atoms with Crippen molar-refractivity contribution in [2.24, 2.45) is 11.8 Å². The first kappa shape index (κ1) is 36.4. The molecule has 50 heavy (non-hydrogen) atoms. The smallest absolute Gasteiger partial charge is 0.139 e. The maximum Gasteiger partial charge on any atom is 0.139 e. The quantitative estimate of drug-likeness (QED) is 0.119. The van der Waals surface area contributed by atoms with Crippen LogP contribution in [0.1, 0.15) is 74.5 Å². The van der Waals surface area contributed by atoms with Crippen LogP contribution in [-0.4, -0.2) is 23.0 Å². The van der Waals surface area contributed by atoms with Gasteiger partial charge in [-0.1, -0.05) is 113 Å². The molecule has 4 nitrogen and oxygen atoms in total. The zero-order valence-corrected chi connectivity index (χ0v) is 33.4. The number of furan rings is 1. The van der Waals surface area contributed by atoms with Crippen molar-refractivity contribution in [3.8, 4) is 22.5 Å². The van der Waals surface area contributed by atoms with Gasteiger partial charge >= 0.3 is 0 Å². The van der Waals surface area contributed by atoms with Crippen LogP contribution in [0, 0.1) is 30.9 Å². The Morgan fingerprint density at radius 2 is 1.54 bits per heavy atom. The van der Waals surface area contributed by atoms with Crippen LogP contribution >= 0.6 is 0 Å². The Hall–Kier alpha value is -3.44. The second-order valence-electron chi connectivity index (χ2n) is 15.4. The molecule has 0 saturated heterocycles. The third-order valence-electron chi connectivity index (χ3n) is 10.6. The van der Waals surface area contributed by atoms with Gasteiger partial charge in [-0.05, 0) is 64.8 Å². The molecule has 6 aromatic rings. The molecule has 0 spiro atoms. The third-order valence-corrected chi connectivity index (χ3v) is 12.7. The van der Waals surface area contributed by atoms with Gasteiger partial charge in [0.25, 0.3) is 0 Å². The number of aromatic nitrogens is 3. The van der Waals surface area contributed by atoms with Crippen LogP contribution in [0.5, 0.6) is 0 Å². The summed E-state index contributed by atoms with van der Waals surface area (Å²) in [6, 6.07) is 27.5. The molecule has 2 aromatic carbocycles. The molecule has 4 aromatic heterocycles.